The summed E-state index contributed by atoms with van der Waals surface area (Å²) in [7, 11) is -4.93. The molecule has 1 N–H and O–H groups in total. The molecule has 206 valence electrons. The number of rotatable bonds is 9. The van der Waals surface area contributed by atoms with Gasteiger partial charge in [-0.2, -0.15) is 70.1 Å². The molecule has 0 aliphatic carbocycles. The summed E-state index contributed by atoms with van der Waals surface area (Å²) in [5.74, 6) is -33.8. The van der Waals surface area contributed by atoms with Crippen LogP contribution in [0.3, 0.4) is 0 Å². The van der Waals surface area contributed by atoms with Gasteiger partial charge in [-0.15, -0.1) is 0 Å². The van der Waals surface area contributed by atoms with Crippen molar-refractivity contribution in [3.05, 3.63) is 29.8 Å². The topological polar surface area (TPSA) is 63.6 Å². The average Bonchev–Trinajstić information content (AvgIpc) is 2.60. The highest BCUT2D eigenvalue weighted by molar-refractivity contribution is 7.88. The molecule has 5 nitrogen and oxygen atoms in total. The molecule has 0 atom stereocenters. The standard InChI is InChI=1S/C15H13F13NO4S.HI/c1-29(2,30)7-8-3-5-9(6-4-8)33-34(31,32)15(27,28)13(22,23)11(18,19)10(16,17)12(20,21)14(24,25)26;/h3-6,30H,7H2,1-2H3;1H/q+1;/p-1. The number of alkyl halides is 13. The molecule has 0 aliphatic heterocycles. The maximum Gasteiger partial charge on any atom is 0.460 e. The van der Waals surface area contributed by atoms with Gasteiger partial charge < -0.3 is 28.2 Å². The maximum absolute atomic E-state index is 13.8. The Morgan fingerprint density at radius 1 is 0.743 bits per heavy atom. The van der Waals surface area contributed by atoms with E-state index in [4.69, 9.17) is 0 Å². The molecule has 0 saturated heterocycles. The van der Waals surface area contributed by atoms with Crippen LogP contribution in [0.5, 0.6) is 5.75 Å². The van der Waals surface area contributed by atoms with Crippen LogP contribution in [0.4, 0.5) is 57.1 Å². The molecule has 0 unspecified atom stereocenters. The quantitative estimate of drug-likeness (QED) is 0.143. The average molecular weight is 677 g/mol. The van der Waals surface area contributed by atoms with E-state index >= 15 is 0 Å². The predicted octanol–water partition coefficient (Wildman–Crippen LogP) is 2.06. The van der Waals surface area contributed by atoms with Gasteiger partial charge in [0.1, 0.15) is 12.3 Å². The van der Waals surface area contributed by atoms with Crippen molar-refractivity contribution >= 4 is 10.1 Å². The Morgan fingerprint density at radius 3 is 1.46 bits per heavy atom. The van der Waals surface area contributed by atoms with Gasteiger partial charge in [-0.05, 0) is 24.3 Å². The third-order valence-electron chi connectivity index (χ3n) is 3.92. The highest BCUT2D eigenvalue weighted by Crippen LogP contribution is 2.61. The number of hydrogen-bond donors (Lipinski definition) is 1. The number of nitrogens with zero attached hydrogens (tertiary/aromatic N) is 1. The first-order chi connectivity index (χ1) is 14.7. The predicted molar refractivity (Wildman–Crippen MR) is 84.4 cm³/mol. The summed E-state index contributed by atoms with van der Waals surface area (Å²) >= 11 is 0. The van der Waals surface area contributed by atoms with Gasteiger partial charge in [-0.3, -0.25) is 0 Å². The fraction of sp³-hybridized carbons (Fsp3) is 0.600. The molecule has 0 amide bonds. The fourth-order valence-electron chi connectivity index (χ4n) is 2.19. The summed E-state index contributed by atoms with van der Waals surface area (Å²) in [5.41, 5.74) is 0.148. The van der Waals surface area contributed by atoms with Crippen molar-refractivity contribution in [2.75, 3.05) is 14.1 Å². The van der Waals surface area contributed by atoms with E-state index in [1.54, 1.807) is 0 Å². The molecule has 1 aromatic rings. The number of hydroxylamine groups is 3. The van der Waals surface area contributed by atoms with Crippen LogP contribution in [-0.4, -0.2) is 67.5 Å². The van der Waals surface area contributed by atoms with E-state index in [1.165, 1.54) is 14.1 Å². The van der Waals surface area contributed by atoms with Crippen molar-refractivity contribution in [2.45, 2.75) is 41.7 Å². The molecular formula is C15H13F13INO4S. The van der Waals surface area contributed by atoms with Crippen molar-refractivity contribution in [2.24, 2.45) is 0 Å². The van der Waals surface area contributed by atoms with Crippen LogP contribution in [-0.2, 0) is 16.7 Å². The van der Waals surface area contributed by atoms with Crippen molar-refractivity contribution in [1.82, 2.24) is 0 Å². The van der Waals surface area contributed by atoms with Gasteiger partial charge in [0.25, 0.3) is 0 Å². The molecule has 20 heteroatoms. The molecule has 1 rings (SSSR count). The lowest BCUT2D eigenvalue weighted by molar-refractivity contribution is -1.08. The molecule has 1 aromatic carbocycles. The van der Waals surface area contributed by atoms with Gasteiger partial charge in [0, 0.05) is 5.56 Å². The lowest BCUT2D eigenvalue weighted by Crippen LogP contribution is -3.00. The first-order valence-electron chi connectivity index (χ1n) is 8.20. The van der Waals surface area contributed by atoms with Crippen molar-refractivity contribution < 1.29 is 104 Å². The third-order valence-corrected chi connectivity index (χ3v) is 5.21. The molecular weight excluding hydrogens is 664 g/mol. The molecule has 0 aromatic heterocycles. The van der Waals surface area contributed by atoms with E-state index in [9.17, 15) is 70.7 Å². The van der Waals surface area contributed by atoms with Crippen LogP contribution in [0.1, 0.15) is 5.56 Å². The number of quaternary nitrogens is 1. The van der Waals surface area contributed by atoms with Crippen LogP contribution in [0.2, 0.25) is 0 Å². The van der Waals surface area contributed by atoms with Crippen LogP contribution in [0.15, 0.2) is 24.3 Å². The van der Waals surface area contributed by atoms with E-state index in [0.717, 1.165) is 12.1 Å². The van der Waals surface area contributed by atoms with Gasteiger partial charge >= 0.3 is 45.2 Å². The van der Waals surface area contributed by atoms with Crippen molar-refractivity contribution in [1.29, 1.82) is 0 Å². The summed E-state index contributed by atoms with van der Waals surface area (Å²) in [6.07, 6.45) is -7.62. The Bertz CT molecular complexity index is 990. The van der Waals surface area contributed by atoms with Crippen molar-refractivity contribution in [3.63, 3.8) is 0 Å². The van der Waals surface area contributed by atoms with E-state index in [1.807, 2.05) is 0 Å². The molecule has 0 saturated carbocycles. The Balaban J connectivity index is 0.0000116. The smallest absolute Gasteiger partial charge is 0.460 e. The highest BCUT2D eigenvalue weighted by atomic mass is 127. The minimum atomic E-state index is -8.27. The molecule has 0 fully saturated rings. The third kappa shape index (κ3) is 5.84. The Labute approximate surface area is 205 Å². The van der Waals surface area contributed by atoms with Crippen LogP contribution < -0.4 is 28.2 Å². The summed E-state index contributed by atoms with van der Waals surface area (Å²) in [6.45, 7) is -0.198. The molecule has 0 aliphatic rings. The monoisotopic (exact) mass is 677 g/mol. The zero-order valence-electron chi connectivity index (χ0n) is 16.8. The minimum Gasteiger partial charge on any atom is -1.00 e. The molecule has 0 bridgehead atoms. The zero-order chi connectivity index (χ0) is 27.4. The lowest BCUT2D eigenvalue weighted by Gasteiger charge is -2.38. The summed E-state index contributed by atoms with van der Waals surface area (Å²) in [5, 5.41) is 2.10. The van der Waals surface area contributed by atoms with Gasteiger partial charge in [0.15, 0.2) is 0 Å². The van der Waals surface area contributed by atoms with Gasteiger partial charge in [-0.25, -0.2) is 5.21 Å². The molecule has 0 radical (unpaired) electrons. The van der Waals surface area contributed by atoms with E-state index in [2.05, 4.69) is 4.18 Å². The molecule has 35 heavy (non-hydrogen) atoms. The number of hydrogen-bond acceptors (Lipinski definition) is 4. The Hall–Kier alpha value is -1.29. The van der Waals surface area contributed by atoms with Crippen LogP contribution in [0.25, 0.3) is 0 Å². The second-order valence-electron chi connectivity index (χ2n) is 7.27. The van der Waals surface area contributed by atoms with E-state index in [0.29, 0.717) is 12.1 Å². The minimum absolute atomic E-state index is 0. The summed E-state index contributed by atoms with van der Waals surface area (Å²) in [4.78, 5) is 0. The second kappa shape index (κ2) is 9.54. The first kappa shape index (κ1) is 33.7. The number of halogens is 14. The van der Waals surface area contributed by atoms with Crippen LogP contribution >= 0.6 is 0 Å². The zero-order valence-corrected chi connectivity index (χ0v) is 19.8. The van der Waals surface area contributed by atoms with Gasteiger partial charge in [0.2, 0.25) is 0 Å². The second-order valence-corrected chi connectivity index (χ2v) is 8.86. The van der Waals surface area contributed by atoms with Gasteiger partial charge in [-0.1, -0.05) is 0 Å². The maximum atomic E-state index is 13.8. The first-order valence-corrected chi connectivity index (χ1v) is 9.61. The highest BCUT2D eigenvalue weighted by Gasteiger charge is 2.93. The normalized spacial score (nSPS) is 15.0. The SMILES string of the molecule is C[N+](C)(O)Cc1ccc(OS(=O)(=O)C(F)(F)C(F)(F)C(F)(F)C(F)(F)C(F)(F)C(F)(F)F)cc1.[I-]. The van der Waals surface area contributed by atoms with E-state index in [-0.39, 0.29) is 36.1 Å². The Morgan fingerprint density at radius 2 is 1.11 bits per heavy atom. The number of benzene rings is 1. The summed E-state index contributed by atoms with van der Waals surface area (Å²) < 4.78 is 196. The van der Waals surface area contributed by atoms with Crippen LogP contribution in [0, 0.1) is 0 Å². The van der Waals surface area contributed by atoms with Crippen molar-refractivity contribution in [3.8, 4) is 5.75 Å². The Kier molecular flexibility index (Phi) is 9.19. The lowest BCUT2D eigenvalue weighted by atomic mass is 9.98. The molecule has 0 heterocycles. The fourth-order valence-corrected chi connectivity index (χ4v) is 3.10. The summed E-state index contributed by atoms with van der Waals surface area (Å²) in [6, 6.07) is 2.68. The van der Waals surface area contributed by atoms with E-state index < -0.39 is 55.6 Å². The van der Waals surface area contributed by atoms with Gasteiger partial charge in [0.05, 0.1) is 14.1 Å². The largest absolute Gasteiger partial charge is 1.00 e. The molecule has 0 spiro atoms.